The van der Waals surface area contributed by atoms with Gasteiger partial charge in [0.2, 0.25) is 0 Å². The molecular weight excluding hydrogens is 270 g/mol. The summed E-state index contributed by atoms with van der Waals surface area (Å²) in [5, 5.41) is 12.1. The molecule has 0 aliphatic rings. The van der Waals surface area contributed by atoms with Gasteiger partial charge in [-0.3, -0.25) is 4.79 Å². The van der Waals surface area contributed by atoms with Crippen molar-refractivity contribution in [3.05, 3.63) is 57.2 Å². The number of halogens is 1. The molecule has 1 aromatic carbocycles. The highest BCUT2D eigenvalue weighted by molar-refractivity contribution is 7.17. The summed E-state index contributed by atoms with van der Waals surface area (Å²) in [6.45, 7) is -0.144. The molecule has 94 valence electrons. The molecule has 1 atom stereocenters. The molecule has 0 spiro atoms. The molecule has 0 saturated carbocycles. The van der Waals surface area contributed by atoms with Crippen LogP contribution in [0.3, 0.4) is 0 Å². The smallest absolute Gasteiger partial charge is 0.261 e. The fraction of sp³-hybridized carbons (Fsp3) is 0.154. The Morgan fingerprint density at radius 3 is 2.56 bits per heavy atom. The molecule has 0 aliphatic carbocycles. The number of hydrogen-bond acceptors (Lipinski definition) is 3. The second-order valence-corrected chi connectivity index (χ2v) is 5.44. The van der Waals surface area contributed by atoms with Crippen molar-refractivity contribution in [3.63, 3.8) is 0 Å². The maximum Gasteiger partial charge on any atom is 0.261 e. The van der Waals surface area contributed by atoms with Gasteiger partial charge in [0, 0.05) is 0 Å². The number of aliphatic hydroxyl groups is 1. The van der Waals surface area contributed by atoms with Crippen molar-refractivity contribution in [2.45, 2.75) is 6.04 Å². The summed E-state index contributed by atoms with van der Waals surface area (Å²) in [6.07, 6.45) is 0. The molecule has 0 bridgehead atoms. The lowest BCUT2D eigenvalue weighted by atomic mass is 10.1. The van der Waals surface area contributed by atoms with Crippen molar-refractivity contribution in [2.75, 3.05) is 6.61 Å². The van der Waals surface area contributed by atoms with E-state index in [1.807, 2.05) is 30.3 Å². The molecule has 1 amide bonds. The Hall–Kier alpha value is -1.36. The van der Waals surface area contributed by atoms with Crippen molar-refractivity contribution in [3.8, 4) is 0 Å². The van der Waals surface area contributed by atoms with Crippen LogP contribution in [0.5, 0.6) is 0 Å². The van der Waals surface area contributed by atoms with Gasteiger partial charge in [-0.05, 0) is 17.7 Å². The van der Waals surface area contributed by atoms with Gasteiger partial charge < -0.3 is 10.4 Å². The van der Waals surface area contributed by atoms with Gasteiger partial charge in [0.15, 0.2) is 0 Å². The minimum absolute atomic E-state index is 0.144. The fourth-order valence-electron chi connectivity index (χ4n) is 1.59. The third kappa shape index (κ3) is 3.10. The lowest BCUT2D eigenvalue weighted by molar-refractivity contribution is 0.0920. The molecule has 1 aromatic heterocycles. The Morgan fingerprint density at radius 2 is 2.00 bits per heavy atom. The van der Waals surface area contributed by atoms with Crippen LogP contribution in [0.1, 0.15) is 21.3 Å². The third-order valence-corrected chi connectivity index (χ3v) is 3.72. The number of nitrogens with one attached hydrogen (secondary N) is 1. The van der Waals surface area contributed by atoms with E-state index in [2.05, 4.69) is 5.32 Å². The third-order valence-electron chi connectivity index (χ3n) is 2.49. The second kappa shape index (κ2) is 6.00. The van der Waals surface area contributed by atoms with Crippen molar-refractivity contribution in [1.29, 1.82) is 0 Å². The molecule has 3 nitrogen and oxygen atoms in total. The molecule has 0 fully saturated rings. The Balaban J connectivity index is 2.10. The molecule has 2 aromatic rings. The molecule has 1 heterocycles. The number of hydrogen-bond donors (Lipinski definition) is 2. The summed E-state index contributed by atoms with van der Waals surface area (Å²) >= 11 is 7.00. The lowest BCUT2D eigenvalue weighted by Gasteiger charge is -2.16. The zero-order valence-corrected chi connectivity index (χ0v) is 11.0. The van der Waals surface area contributed by atoms with Gasteiger partial charge in [-0.15, -0.1) is 11.3 Å². The highest BCUT2D eigenvalue weighted by Gasteiger charge is 2.15. The molecule has 2 N–H and O–H groups in total. The number of thiophene rings is 1. The number of carbonyl (C=O) groups is 1. The normalized spacial score (nSPS) is 12.1. The Labute approximate surface area is 114 Å². The van der Waals surface area contributed by atoms with E-state index in [1.54, 1.807) is 12.1 Å². The molecule has 2 rings (SSSR count). The van der Waals surface area contributed by atoms with Crippen LogP contribution in [0.15, 0.2) is 42.5 Å². The highest BCUT2D eigenvalue weighted by Crippen LogP contribution is 2.22. The van der Waals surface area contributed by atoms with Crippen molar-refractivity contribution in [1.82, 2.24) is 5.32 Å². The van der Waals surface area contributed by atoms with Gasteiger partial charge in [-0.2, -0.15) is 0 Å². The first-order valence-corrected chi connectivity index (χ1v) is 6.62. The van der Waals surface area contributed by atoms with E-state index in [0.29, 0.717) is 9.21 Å². The van der Waals surface area contributed by atoms with Crippen LogP contribution in [-0.2, 0) is 0 Å². The number of rotatable bonds is 4. The Bertz CT molecular complexity index is 527. The van der Waals surface area contributed by atoms with E-state index < -0.39 is 6.04 Å². The lowest BCUT2D eigenvalue weighted by Crippen LogP contribution is -2.30. The molecule has 0 aliphatic heterocycles. The maximum atomic E-state index is 11.9. The summed E-state index contributed by atoms with van der Waals surface area (Å²) in [4.78, 5) is 12.5. The van der Waals surface area contributed by atoms with Gasteiger partial charge in [-0.25, -0.2) is 0 Å². The molecule has 5 heteroatoms. The monoisotopic (exact) mass is 281 g/mol. The summed E-state index contributed by atoms with van der Waals surface area (Å²) in [5.41, 5.74) is 0.871. The van der Waals surface area contributed by atoms with Crippen molar-refractivity contribution in [2.24, 2.45) is 0 Å². The van der Waals surface area contributed by atoms with Crippen LogP contribution in [0.25, 0.3) is 0 Å². The van der Waals surface area contributed by atoms with E-state index in [-0.39, 0.29) is 12.5 Å². The topological polar surface area (TPSA) is 49.3 Å². The van der Waals surface area contributed by atoms with Crippen LogP contribution in [-0.4, -0.2) is 17.6 Å². The van der Waals surface area contributed by atoms with Crippen molar-refractivity contribution >= 4 is 28.8 Å². The van der Waals surface area contributed by atoms with Crippen LogP contribution in [0.4, 0.5) is 0 Å². The predicted molar refractivity (Wildman–Crippen MR) is 73.1 cm³/mol. The van der Waals surface area contributed by atoms with Gasteiger partial charge in [0.25, 0.3) is 5.91 Å². The Kier molecular flexibility index (Phi) is 4.36. The van der Waals surface area contributed by atoms with E-state index in [4.69, 9.17) is 11.6 Å². The number of benzene rings is 1. The van der Waals surface area contributed by atoms with Gasteiger partial charge in [-0.1, -0.05) is 41.9 Å². The summed E-state index contributed by atoms with van der Waals surface area (Å²) < 4.78 is 0.570. The largest absolute Gasteiger partial charge is 0.394 e. The van der Waals surface area contributed by atoms with Gasteiger partial charge in [0.1, 0.15) is 0 Å². The first-order chi connectivity index (χ1) is 8.70. The van der Waals surface area contributed by atoms with Crippen LogP contribution < -0.4 is 5.32 Å². The number of aliphatic hydroxyl groups excluding tert-OH is 1. The van der Waals surface area contributed by atoms with E-state index in [1.165, 1.54) is 11.3 Å². The summed E-state index contributed by atoms with van der Waals surface area (Å²) in [5.74, 6) is -0.227. The molecule has 0 radical (unpaired) electrons. The van der Waals surface area contributed by atoms with Crippen LogP contribution in [0.2, 0.25) is 4.34 Å². The first-order valence-electron chi connectivity index (χ1n) is 5.42. The standard InChI is InChI=1S/C13H12ClNO2S/c14-12-7-6-11(18-12)13(17)15-10(8-16)9-4-2-1-3-5-9/h1-7,10,16H,8H2,(H,15,17)/t10-/m0/s1. The minimum atomic E-state index is -0.403. The summed E-state index contributed by atoms with van der Waals surface area (Å²) in [6, 6.07) is 12.3. The van der Waals surface area contributed by atoms with E-state index in [0.717, 1.165) is 5.56 Å². The summed E-state index contributed by atoms with van der Waals surface area (Å²) in [7, 11) is 0. The average molecular weight is 282 g/mol. The maximum absolute atomic E-state index is 11.9. The highest BCUT2D eigenvalue weighted by atomic mass is 35.5. The molecule has 0 saturated heterocycles. The fourth-order valence-corrected chi connectivity index (χ4v) is 2.53. The molecular formula is C13H12ClNO2S. The second-order valence-electron chi connectivity index (χ2n) is 3.72. The number of amides is 1. The van der Waals surface area contributed by atoms with Crippen LogP contribution in [0, 0.1) is 0 Å². The minimum Gasteiger partial charge on any atom is -0.394 e. The van der Waals surface area contributed by atoms with Crippen LogP contribution >= 0.6 is 22.9 Å². The van der Waals surface area contributed by atoms with E-state index in [9.17, 15) is 9.90 Å². The van der Waals surface area contributed by atoms with Gasteiger partial charge in [0.05, 0.1) is 21.9 Å². The van der Waals surface area contributed by atoms with Gasteiger partial charge >= 0.3 is 0 Å². The van der Waals surface area contributed by atoms with E-state index >= 15 is 0 Å². The quantitative estimate of drug-likeness (QED) is 0.905. The van der Waals surface area contributed by atoms with Crippen molar-refractivity contribution < 1.29 is 9.90 Å². The first kappa shape index (κ1) is 13.1. The molecule has 0 unspecified atom stereocenters. The molecule has 18 heavy (non-hydrogen) atoms. The average Bonchev–Trinajstić information content (AvgIpc) is 2.83. The Morgan fingerprint density at radius 1 is 1.28 bits per heavy atom. The zero-order chi connectivity index (χ0) is 13.0. The zero-order valence-electron chi connectivity index (χ0n) is 9.47. The predicted octanol–water partition coefficient (Wildman–Crippen LogP) is 2.86. The number of carbonyl (C=O) groups excluding carboxylic acids is 1. The SMILES string of the molecule is O=C(N[C@@H](CO)c1ccccc1)c1ccc(Cl)s1.